The molecule has 1 aliphatic heterocycles. The fourth-order valence-electron chi connectivity index (χ4n) is 3.23. The normalized spacial score (nSPS) is 12.8. The van der Waals surface area contributed by atoms with E-state index in [0.717, 1.165) is 23.6 Å². The SMILES string of the molecule is Cl.Cl.N[C@@H](Cc1cn(Cc2ccccc2)cn1)C(=O)NCc1ccc2c(c1)OCCO2. The molecule has 3 aromatic rings. The number of hydrogen-bond acceptors (Lipinski definition) is 5. The molecule has 1 aliphatic rings. The van der Waals surface area contributed by atoms with Gasteiger partial charge in [0.15, 0.2) is 11.5 Å². The minimum absolute atomic E-state index is 0. The standard InChI is InChI=1S/C22H24N4O3.2ClH/c23-19(11-18-14-26(15-25-18)13-16-4-2-1-3-5-16)22(27)24-12-17-6-7-20-21(10-17)29-9-8-28-20;;/h1-7,10,14-15,19H,8-9,11-13,23H2,(H,24,27);2*1H/t19-;;/m0../s1. The monoisotopic (exact) mass is 464 g/mol. The summed E-state index contributed by atoms with van der Waals surface area (Å²) in [4.78, 5) is 16.8. The van der Waals surface area contributed by atoms with Crippen LogP contribution in [-0.4, -0.2) is 34.7 Å². The van der Waals surface area contributed by atoms with E-state index in [4.69, 9.17) is 15.2 Å². The van der Waals surface area contributed by atoms with Crippen molar-refractivity contribution in [3.8, 4) is 11.5 Å². The Labute approximate surface area is 193 Å². The van der Waals surface area contributed by atoms with Crippen molar-refractivity contribution in [3.63, 3.8) is 0 Å². The second kappa shape index (κ2) is 11.6. The van der Waals surface area contributed by atoms with E-state index in [1.165, 1.54) is 5.56 Å². The van der Waals surface area contributed by atoms with Crippen molar-refractivity contribution in [3.05, 3.63) is 77.9 Å². The van der Waals surface area contributed by atoms with E-state index in [1.807, 2.05) is 47.2 Å². The van der Waals surface area contributed by atoms with Crippen molar-refractivity contribution in [1.29, 1.82) is 0 Å². The first kappa shape index (κ1) is 24.5. The van der Waals surface area contributed by atoms with Gasteiger partial charge in [-0.05, 0) is 23.3 Å². The fraction of sp³-hybridized carbons (Fsp3) is 0.273. The van der Waals surface area contributed by atoms with E-state index in [1.54, 1.807) is 6.33 Å². The van der Waals surface area contributed by atoms with Crippen LogP contribution in [0.1, 0.15) is 16.8 Å². The lowest BCUT2D eigenvalue weighted by molar-refractivity contribution is -0.122. The number of ether oxygens (including phenoxy) is 2. The molecule has 1 atom stereocenters. The first-order valence-electron chi connectivity index (χ1n) is 9.64. The third kappa shape index (κ3) is 6.62. The van der Waals surface area contributed by atoms with Gasteiger partial charge in [-0.3, -0.25) is 4.79 Å². The minimum Gasteiger partial charge on any atom is -0.486 e. The largest absolute Gasteiger partial charge is 0.486 e. The number of nitrogens with one attached hydrogen (secondary N) is 1. The highest BCUT2D eigenvalue weighted by Gasteiger charge is 2.16. The summed E-state index contributed by atoms with van der Waals surface area (Å²) in [6.07, 6.45) is 4.08. The molecule has 1 amide bonds. The topological polar surface area (TPSA) is 91.4 Å². The predicted molar refractivity (Wildman–Crippen MR) is 123 cm³/mol. The molecule has 0 spiro atoms. The number of aromatic nitrogens is 2. The zero-order chi connectivity index (χ0) is 20.1. The quantitative estimate of drug-likeness (QED) is 0.560. The predicted octanol–water partition coefficient (Wildman–Crippen LogP) is 2.73. The first-order valence-corrected chi connectivity index (χ1v) is 9.64. The van der Waals surface area contributed by atoms with Crippen LogP contribution in [0, 0.1) is 0 Å². The fourth-order valence-corrected chi connectivity index (χ4v) is 3.23. The molecule has 0 aliphatic carbocycles. The Balaban J connectivity index is 0.00000171. The second-order valence-electron chi connectivity index (χ2n) is 7.03. The molecule has 1 aromatic heterocycles. The molecule has 0 radical (unpaired) electrons. The third-order valence-corrected chi connectivity index (χ3v) is 4.73. The van der Waals surface area contributed by atoms with Crippen LogP contribution in [0.5, 0.6) is 11.5 Å². The van der Waals surface area contributed by atoms with Crippen LogP contribution in [0.25, 0.3) is 0 Å². The number of rotatable bonds is 7. The highest BCUT2D eigenvalue weighted by Crippen LogP contribution is 2.30. The third-order valence-electron chi connectivity index (χ3n) is 4.73. The summed E-state index contributed by atoms with van der Waals surface area (Å²) in [5.41, 5.74) is 9.00. The molecule has 9 heteroatoms. The Morgan fingerprint density at radius 3 is 2.58 bits per heavy atom. The van der Waals surface area contributed by atoms with Crippen molar-refractivity contribution < 1.29 is 14.3 Å². The first-order chi connectivity index (χ1) is 14.2. The van der Waals surface area contributed by atoms with Gasteiger partial charge in [-0.25, -0.2) is 4.98 Å². The van der Waals surface area contributed by atoms with Crippen LogP contribution in [0.3, 0.4) is 0 Å². The summed E-state index contributed by atoms with van der Waals surface area (Å²) in [7, 11) is 0. The van der Waals surface area contributed by atoms with Crippen molar-refractivity contribution >= 4 is 30.7 Å². The molecule has 31 heavy (non-hydrogen) atoms. The highest BCUT2D eigenvalue weighted by atomic mass is 35.5. The molecule has 0 unspecified atom stereocenters. The van der Waals surface area contributed by atoms with E-state index in [-0.39, 0.29) is 30.7 Å². The summed E-state index contributed by atoms with van der Waals surface area (Å²) in [6, 6.07) is 15.1. The van der Waals surface area contributed by atoms with Gasteiger partial charge in [-0.2, -0.15) is 0 Å². The maximum Gasteiger partial charge on any atom is 0.237 e. The van der Waals surface area contributed by atoms with E-state index in [2.05, 4.69) is 22.4 Å². The number of benzene rings is 2. The zero-order valence-electron chi connectivity index (χ0n) is 16.9. The second-order valence-corrected chi connectivity index (χ2v) is 7.03. The van der Waals surface area contributed by atoms with Crippen LogP contribution < -0.4 is 20.5 Å². The Morgan fingerprint density at radius 1 is 1.06 bits per heavy atom. The molecule has 166 valence electrons. The van der Waals surface area contributed by atoms with Crippen molar-refractivity contribution in [1.82, 2.24) is 14.9 Å². The van der Waals surface area contributed by atoms with E-state index in [0.29, 0.717) is 31.9 Å². The molecular weight excluding hydrogens is 439 g/mol. The van der Waals surface area contributed by atoms with Gasteiger partial charge < -0.3 is 25.1 Å². The van der Waals surface area contributed by atoms with Crippen molar-refractivity contribution in [2.45, 2.75) is 25.6 Å². The van der Waals surface area contributed by atoms with Gasteiger partial charge in [-0.1, -0.05) is 36.4 Å². The van der Waals surface area contributed by atoms with E-state index in [9.17, 15) is 4.79 Å². The Hall–Kier alpha value is -2.74. The summed E-state index contributed by atoms with van der Waals surface area (Å²) in [5, 5.41) is 2.88. The van der Waals surface area contributed by atoms with E-state index < -0.39 is 6.04 Å². The van der Waals surface area contributed by atoms with Gasteiger partial charge >= 0.3 is 0 Å². The molecule has 0 fully saturated rings. The van der Waals surface area contributed by atoms with Crippen molar-refractivity contribution in [2.24, 2.45) is 5.73 Å². The Kier molecular flexibility index (Phi) is 9.18. The van der Waals surface area contributed by atoms with E-state index >= 15 is 0 Å². The number of halogens is 2. The number of fused-ring (bicyclic) bond motifs is 1. The minimum atomic E-state index is -0.660. The number of nitrogens with two attached hydrogens (primary N) is 1. The zero-order valence-corrected chi connectivity index (χ0v) is 18.5. The van der Waals surface area contributed by atoms with Crippen LogP contribution in [0.4, 0.5) is 0 Å². The molecule has 7 nitrogen and oxygen atoms in total. The maximum absolute atomic E-state index is 12.4. The van der Waals surface area contributed by atoms with Gasteiger partial charge in [-0.15, -0.1) is 24.8 Å². The lowest BCUT2D eigenvalue weighted by atomic mass is 10.1. The number of amides is 1. The lowest BCUT2D eigenvalue weighted by Gasteiger charge is -2.19. The van der Waals surface area contributed by atoms with Gasteiger partial charge in [0.25, 0.3) is 0 Å². The molecule has 3 N–H and O–H groups in total. The smallest absolute Gasteiger partial charge is 0.237 e. The summed E-state index contributed by atoms with van der Waals surface area (Å²) >= 11 is 0. The maximum atomic E-state index is 12.4. The average Bonchev–Trinajstić information content (AvgIpc) is 3.19. The summed E-state index contributed by atoms with van der Waals surface area (Å²) in [5.74, 6) is 1.22. The molecule has 4 rings (SSSR count). The molecule has 2 aromatic carbocycles. The van der Waals surface area contributed by atoms with Crippen LogP contribution >= 0.6 is 24.8 Å². The lowest BCUT2D eigenvalue weighted by Crippen LogP contribution is -2.41. The highest BCUT2D eigenvalue weighted by molar-refractivity contribution is 5.85. The van der Waals surface area contributed by atoms with Crippen LogP contribution in [-0.2, 0) is 24.3 Å². The number of nitrogens with zero attached hydrogens (tertiary/aromatic N) is 2. The summed E-state index contributed by atoms with van der Waals surface area (Å²) < 4.78 is 13.1. The van der Waals surface area contributed by atoms with Gasteiger partial charge in [0.05, 0.1) is 18.1 Å². The van der Waals surface area contributed by atoms with Crippen LogP contribution in [0.2, 0.25) is 0 Å². The van der Waals surface area contributed by atoms with Gasteiger partial charge in [0, 0.05) is 25.7 Å². The number of carbonyl (C=O) groups is 1. The molecule has 0 saturated heterocycles. The molecule has 2 heterocycles. The van der Waals surface area contributed by atoms with Crippen LogP contribution in [0.15, 0.2) is 61.1 Å². The molecular formula is C22H26Cl2N4O3. The number of imidazole rings is 1. The summed E-state index contributed by atoms with van der Waals surface area (Å²) in [6.45, 7) is 2.20. The van der Waals surface area contributed by atoms with Gasteiger partial charge in [0.2, 0.25) is 5.91 Å². The Bertz CT molecular complexity index is 982. The average molecular weight is 465 g/mol. The van der Waals surface area contributed by atoms with Crippen molar-refractivity contribution in [2.75, 3.05) is 13.2 Å². The number of hydrogen-bond donors (Lipinski definition) is 2. The molecule has 0 bridgehead atoms. The Morgan fingerprint density at radius 2 is 1.81 bits per heavy atom. The molecule has 0 saturated carbocycles. The van der Waals surface area contributed by atoms with Gasteiger partial charge in [0.1, 0.15) is 13.2 Å². The number of carbonyl (C=O) groups excluding carboxylic acids is 1.